The van der Waals surface area contributed by atoms with Crippen LogP contribution >= 0.6 is 0 Å². The van der Waals surface area contributed by atoms with Crippen molar-refractivity contribution in [3.05, 3.63) is 33.4 Å². The number of nitrogen functional groups attached to an aromatic ring is 1. The van der Waals surface area contributed by atoms with Crippen molar-refractivity contribution in [1.82, 2.24) is 0 Å². The van der Waals surface area contributed by atoms with Crippen molar-refractivity contribution in [3.63, 3.8) is 0 Å². The lowest BCUT2D eigenvalue weighted by atomic mass is 9.78. The third-order valence-corrected chi connectivity index (χ3v) is 3.99. The van der Waals surface area contributed by atoms with E-state index in [-0.39, 0.29) is 17.2 Å². The summed E-state index contributed by atoms with van der Waals surface area (Å²) in [7, 11) is 0. The van der Waals surface area contributed by atoms with Gasteiger partial charge in [-0.2, -0.15) is 0 Å². The van der Waals surface area contributed by atoms with Crippen molar-refractivity contribution < 1.29 is 9.72 Å². The van der Waals surface area contributed by atoms with Gasteiger partial charge in [-0.05, 0) is 50.8 Å². The van der Waals surface area contributed by atoms with E-state index in [0.717, 1.165) is 11.5 Å². The fourth-order valence-corrected chi connectivity index (χ4v) is 2.31. The van der Waals surface area contributed by atoms with Crippen molar-refractivity contribution in [2.24, 2.45) is 5.92 Å². The Hall–Kier alpha value is -1.91. The third kappa shape index (κ3) is 6.00. The van der Waals surface area contributed by atoms with Gasteiger partial charge in [-0.25, -0.2) is 0 Å². The molecule has 23 heavy (non-hydrogen) atoms. The molecule has 0 saturated carbocycles. The number of carbonyl (C=O) groups is 1. The van der Waals surface area contributed by atoms with Crippen LogP contribution in [0.4, 0.5) is 11.4 Å². The van der Waals surface area contributed by atoms with Gasteiger partial charge in [0.15, 0.2) is 0 Å². The Balaban J connectivity index is 0.000000688. The summed E-state index contributed by atoms with van der Waals surface area (Å²) in [5.74, 6) is 0.892. The van der Waals surface area contributed by atoms with Crippen molar-refractivity contribution in [1.29, 1.82) is 0 Å². The number of nitro groups is 1. The predicted molar refractivity (Wildman–Crippen MR) is 95.7 cm³/mol. The van der Waals surface area contributed by atoms with Gasteiger partial charge >= 0.3 is 0 Å². The standard InChI is InChI=1S/C12H16N2O3.C6H14/c1-7-5-11(14(16)17)10(13)6-9(7)12(3,4)8(2)15;1-4-5-6(2)3/h5-6H,13H2,1-4H3;6H,4-5H2,1-3H3. The molecule has 5 nitrogen and oxygen atoms in total. The van der Waals surface area contributed by atoms with Crippen LogP contribution in [0, 0.1) is 23.0 Å². The van der Waals surface area contributed by atoms with Gasteiger partial charge in [-0.1, -0.05) is 33.6 Å². The lowest BCUT2D eigenvalue weighted by molar-refractivity contribution is -0.384. The van der Waals surface area contributed by atoms with Crippen LogP contribution < -0.4 is 5.73 Å². The molecule has 1 aromatic rings. The van der Waals surface area contributed by atoms with E-state index in [4.69, 9.17) is 5.73 Å². The zero-order valence-electron chi connectivity index (χ0n) is 15.4. The smallest absolute Gasteiger partial charge is 0.292 e. The second kappa shape index (κ2) is 8.65. The molecule has 5 heteroatoms. The van der Waals surface area contributed by atoms with Gasteiger partial charge in [-0.15, -0.1) is 0 Å². The van der Waals surface area contributed by atoms with Gasteiger partial charge in [0, 0.05) is 11.5 Å². The fraction of sp³-hybridized carbons (Fsp3) is 0.611. The molecule has 0 amide bonds. The maximum atomic E-state index is 11.6. The van der Waals surface area contributed by atoms with E-state index >= 15 is 0 Å². The number of anilines is 1. The van der Waals surface area contributed by atoms with Crippen molar-refractivity contribution in [2.75, 3.05) is 5.73 Å². The van der Waals surface area contributed by atoms with E-state index in [2.05, 4.69) is 20.8 Å². The molecule has 0 radical (unpaired) electrons. The van der Waals surface area contributed by atoms with Crippen molar-refractivity contribution >= 4 is 17.2 Å². The number of nitrogens with zero attached hydrogens (tertiary/aromatic N) is 1. The molecule has 0 unspecified atom stereocenters. The minimum absolute atomic E-state index is 0.00569. The van der Waals surface area contributed by atoms with Crippen molar-refractivity contribution in [2.45, 2.75) is 66.7 Å². The molecule has 0 heterocycles. The monoisotopic (exact) mass is 322 g/mol. The number of rotatable bonds is 5. The summed E-state index contributed by atoms with van der Waals surface area (Å²) in [6.07, 6.45) is 2.71. The van der Waals surface area contributed by atoms with Crippen LogP contribution in [0.3, 0.4) is 0 Å². The van der Waals surface area contributed by atoms with Gasteiger partial charge in [0.05, 0.1) is 4.92 Å². The second-order valence-electron chi connectivity index (χ2n) is 6.85. The highest BCUT2D eigenvalue weighted by Gasteiger charge is 2.29. The Morgan fingerprint density at radius 1 is 1.35 bits per heavy atom. The minimum Gasteiger partial charge on any atom is -0.393 e. The van der Waals surface area contributed by atoms with Crippen LogP contribution in [0.15, 0.2) is 12.1 Å². The summed E-state index contributed by atoms with van der Waals surface area (Å²) in [6.45, 7) is 13.5. The predicted octanol–water partition coefficient (Wildman–Crippen LogP) is 4.79. The summed E-state index contributed by atoms with van der Waals surface area (Å²) >= 11 is 0. The number of nitro benzene ring substituents is 1. The summed E-state index contributed by atoms with van der Waals surface area (Å²) in [5, 5.41) is 10.7. The molecule has 1 aromatic carbocycles. The first kappa shape index (κ1) is 21.1. The number of aryl methyl sites for hydroxylation is 1. The molecule has 0 aliphatic rings. The van der Waals surface area contributed by atoms with Gasteiger partial charge in [-0.3, -0.25) is 14.9 Å². The largest absolute Gasteiger partial charge is 0.393 e. The average molecular weight is 322 g/mol. The zero-order chi connectivity index (χ0) is 18.4. The SMILES string of the molecule is CC(=O)C(C)(C)c1cc(N)c([N+](=O)[O-])cc1C.CCCC(C)C. The Kier molecular flexibility index (Phi) is 7.93. The summed E-state index contributed by atoms with van der Waals surface area (Å²) in [5.41, 5.74) is 6.35. The first-order valence-electron chi connectivity index (χ1n) is 8.01. The Morgan fingerprint density at radius 2 is 1.87 bits per heavy atom. The topological polar surface area (TPSA) is 86.2 Å². The number of ketones is 1. The third-order valence-electron chi connectivity index (χ3n) is 3.99. The summed E-state index contributed by atoms with van der Waals surface area (Å²) in [6, 6.07) is 2.93. The highest BCUT2D eigenvalue weighted by molar-refractivity contribution is 5.88. The van der Waals surface area contributed by atoms with E-state index < -0.39 is 10.3 Å². The van der Waals surface area contributed by atoms with Gasteiger partial charge in [0.25, 0.3) is 5.69 Å². The molecule has 0 aliphatic carbocycles. The maximum absolute atomic E-state index is 11.6. The average Bonchev–Trinajstić information content (AvgIpc) is 2.40. The molecular formula is C18H30N2O3. The quantitative estimate of drug-likeness (QED) is 0.479. The van der Waals surface area contributed by atoms with E-state index in [0.29, 0.717) is 5.56 Å². The number of hydrogen-bond acceptors (Lipinski definition) is 4. The molecule has 0 aliphatic heterocycles. The fourth-order valence-electron chi connectivity index (χ4n) is 2.31. The summed E-state index contributed by atoms with van der Waals surface area (Å²) in [4.78, 5) is 21.8. The van der Waals surface area contributed by atoms with Crippen LogP contribution in [-0.4, -0.2) is 10.7 Å². The van der Waals surface area contributed by atoms with Crippen molar-refractivity contribution in [3.8, 4) is 0 Å². The Bertz CT molecular complexity index is 564. The number of Topliss-reactive ketones (excluding diaryl/α,β-unsaturated/α-hetero) is 1. The van der Waals surface area contributed by atoms with Crippen LogP contribution in [0.5, 0.6) is 0 Å². The minimum atomic E-state index is -0.687. The maximum Gasteiger partial charge on any atom is 0.292 e. The van der Waals surface area contributed by atoms with Gasteiger partial charge < -0.3 is 5.73 Å². The van der Waals surface area contributed by atoms with Gasteiger partial charge in [0.2, 0.25) is 0 Å². The first-order chi connectivity index (χ1) is 10.4. The zero-order valence-corrected chi connectivity index (χ0v) is 15.4. The molecule has 0 spiro atoms. The Morgan fingerprint density at radius 3 is 2.17 bits per heavy atom. The second-order valence-corrected chi connectivity index (χ2v) is 6.85. The summed E-state index contributed by atoms with van der Waals surface area (Å²) < 4.78 is 0. The van der Waals surface area contributed by atoms with Crippen LogP contribution in [0.1, 0.15) is 65.5 Å². The highest BCUT2D eigenvalue weighted by atomic mass is 16.6. The Labute approximate surface area is 139 Å². The van der Waals surface area contributed by atoms with E-state index in [9.17, 15) is 14.9 Å². The lowest BCUT2D eigenvalue weighted by Crippen LogP contribution is -2.27. The molecule has 0 atom stereocenters. The number of hydrogen-bond donors (Lipinski definition) is 1. The normalized spacial score (nSPS) is 11.0. The lowest BCUT2D eigenvalue weighted by Gasteiger charge is -2.24. The molecule has 130 valence electrons. The van der Waals surface area contributed by atoms with E-state index in [1.54, 1.807) is 20.8 Å². The number of carbonyl (C=O) groups excluding carboxylic acids is 1. The molecular weight excluding hydrogens is 292 g/mol. The molecule has 0 saturated heterocycles. The van der Waals surface area contributed by atoms with Crippen LogP contribution in [0.25, 0.3) is 0 Å². The van der Waals surface area contributed by atoms with Crippen LogP contribution in [-0.2, 0) is 10.2 Å². The molecule has 2 N–H and O–H groups in total. The molecule has 0 bridgehead atoms. The van der Waals surface area contributed by atoms with Gasteiger partial charge in [0.1, 0.15) is 11.5 Å². The van der Waals surface area contributed by atoms with E-state index in [1.807, 2.05) is 0 Å². The molecule has 0 aromatic heterocycles. The number of benzene rings is 1. The molecule has 0 fully saturated rings. The van der Waals surface area contributed by atoms with E-state index in [1.165, 1.54) is 31.9 Å². The number of nitrogens with two attached hydrogens (primary N) is 1. The van der Waals surface area contributed by atoms with Crippen LogP contribution in [0.2, 0.25) is 0 Å². The highest BCUT2D eigenvalue weighted by Crippen LogP contribution is 2.33. The first-order valence-corrected chi connectivity index (χ1v) is 8.01. The molecule has 1 rings (SSSR count).